The van der Waals surface area contributed by atoms with Gasteiger partial charge in [-0.2, -0.15) is 0 Å². The van der Waals surface area contributed by atoms with Crippen LogP contribution in [0.3, 0.4) is 0 Å². The largest absolute Gasteiger partial charge is 0.360 e. The highest BCUT2D eigenvalue weighted by atomic mass is 16.6. The number of benzene rings is 1. The molecule has 0 spiro atoms. The SMILES string of the molecule is C[C@H]1CN(Cc2ccc3nonc3c2)C[C@H]1NC(=O)c1cc(C2CC2)on1. The maximum absolute atomic E-state index is 12.5. The molecule has 8 heteroatoms. The van der Waals surface area contributed by atoms with Gasteiger partial charge in [-0.1, -0.05) is 18.1 Å². The number of likely N-dealkylation sites (tertiary alicyclic amines) is 1. The summed E-state index contributed by atoms with van der Waals surface area (Å²) in [6.07, 6.45) is 2.25. The van der Waals surface area contributed by atoms with Gasteiger partial charge in [0.05, 0.1) is 0 Å². The smallest absolute Gasteiger partial charge is 0.273 e. The summed E-state index contributed by atoms with van der Waals surface area (Å²) in [6.45, 7) is 4.69. The van der Waals surface area contributed by atoms with Gasteiger partial charge in [0.1, 0.15) is 16.8 Å². The second kappa shape index (κ2) is 6.45. The monoisotopic (exact) mass is 367 g/mol. The first-order chi connectivity index (χ1) is 13.2. The number of hydrogen-bond acceptors (Lipinski definition) is 7. The third-order valence-corrected chi connectivity index (χ3v) is 5.47. The average Bonchev–Trinajstić information content (AvgIpc) is 3.05. The number of hydrogen-bond donors (Lipinski definition) is 1. The van der Waals surface area contributed by atoms with Gasteiger partial charge in [-0.25, -0.2) is 4.63 Å². The molecule has 1 aromatic carbocycles. The molecule has 0 radical (unpaired) electrons. The van der Waals surface area contributed by atoms with Crippen molar-refractivity contribution >= 4 is 16.9 Å². The molecule has 0 unspecified atom stereocenters. The fourth-order valence-electron chi connectivity index (χ4n) is 3.77. The van der Waals surface area contributed by atoms with Crippen molar-refractivity contribution in [3.63, 3.8) is 0 Å². The molecular formula is C19H21N5O3. The lowest BCUT2D eigenvalue weighted by Gasteiger charge is -2.16. The Kier molecular flexibility index (Phi) is 3.93. The lowest BCUT2D eigenvalue weighted by atomic mass is 10.1. The van der Waals surface area contributed by atoms with Crippen LogP contribution >= 0.6 is 0 Å². The molecule has 27 heavy (non-hydrogen) atoms. The number of amides is 1. The first kappa shape index (κ1) is 16.4. The summed E-state index contributed by atoms with van der Waals surface area (Å²) >= 11 is 0. The van der Waals surface area contributed by atoms with E-state index in [4.69, 9.17) is 9.15 Å². The van der Waals surface area contributed by atoms with E-state index in [9.17, 15) is 4.79 Å². The van der Waals surface area contributed by atoms with E-state index >= 15 is 0 Å². The average molecular weight is 367 g/mol. The van der Waals surface area contributed by atoms with Crippen LogP contribution in [-0.2, 0) is 6.54 Å². The molecule has 8 nitrogen and oxygen atoms in total. The molecule has 1 aliphatic heterocycles. The first-order valence-corrected chi connectivity index (χ1v) is 9.37. The van der Waals surface area contributed by atoms with E-state index in [1.165, 1.54) is 0 Å². The maximum Gasteiger partial charge on any atom is 0.273 e. The molecule has 2 aliphatic rings. The number of aromatic nitrogens is 3. The van der Waals surface area contributed by atoms with Crippen LogP contribution in [0.1, 0.15) is 47.5 Å². The molecule has 2 aromatic heterocycles. The number of nitrogens with one attached hydrogen (secondary N) is 1. The zero-order valence-corrected chi connectivity index (χ0v) is 15.1. The molecule has 1 aliphatic carbocycles. The van der Waals surface area contributed by atoms with E-state index in [0.29, 0.717) is 17.5 Å². The molecule has 1 saturated heterocycles. The van der Waals surface area contributed by atoms with Crippen LogP contribution in [0.5, 0.6) is 0 Å². The molecule has 2 atom stereocenters. The highest BCUT2D eigenvalue weighted by molar-refractivity contribution is 5.92. The lowest BCUT2D eigenvalue weighted by Crippen LogP contribution is -2.39. The summed E-state index contributed by atoms with van der Waals surface area (Å²) in [6, 6.07) is 7.83. The lowest BCUT2D eigenvalue weighted by molar-refractivity contribution is 0.0922. The van der Waals surface area contributed by atoms with Crippen molar-refractivity contribution in [1.29, 1.82) is 0 Å². The number of fused-ring (bicyclic) bond motifs is 1. The summed E-state index contributed by atoms with van der Waals surface area (Å²) in [7, 11) is 0. The summed E-state index contributed by atoms with van der Waals surface area (Å²) in [5, 5.41) is 14.8. The van der Waals surface area contributed by atoms with E-state index in [-0.39, 0.29) is 11.9 Å². The number of carbonyl (C=O) groups excluding carboxylic acids is 1. The van der Waals surface area contributed by atoms with E-state index in [2.05, 4.69) is 32.6 Å². The van der Waals surface area contributed by atoms with Crippen LogP contribution in [0, 0.1) is 5.92 Å². The van der Waals surface area contributed by atoms with Crippen LogP contribution in [-0.4, -0.2) is 45.4 Å². The Morgan fingerprint density at radius 1 is 1.19 bits per heavy atom. The third kappa shape index (κ3) is 3.32. The standard InChI is InChI=1S/C19H21N5O3/c1-11-8-24(9-12-2-5-14-15(6-12)23-27-22-14)10-17(11)20-19(25)16-7-18(26-21-16)13-3-4-13/h2,5-7,11,13,17H,3-4,8-10H2,1H3,(H,20,25)/t11-,17+/m0/s1. The molecule has 1 amide bonds. The third-order valence-electron chi connectivity index (χ3n) is 5.47. The zero-order valence-electron chi connectivity index (χ0n) is 15.1. The minimum atomic E-state index is -0.153. The predicted octanol–water partition coefficient (Wildman–Crippen LogP) is 2.34. The Hall–Kier alpha value is -2.74. The molecule has 1 N–H and O–H groups in total. The molecule has 140 valence electrons. The zero-order chi connectivity index (χ0) is 18.4. The van der Waals surface area contributed by atoms with E-state index < -0.39 is 0 Å². The van der Waals surface area contributed by atoms with Crippen molar-refractivity contribution in [2.45, 2.75) is 38.3 Å². The van der Waals surface area contributed by atoms with Crippen molar-refractivity contribution in [1.82, 2.24) is 25.7 Å². The highest BCUT2D eigenvalue weighted by Crippen LogP contribution is 2.40. The van der Waals surface area contributed by atoms with Crippen molar-refractivity contribution < 1.29 is 13.9 Å². The molecule has 3 heterocycles. The fraction of sp³-hybridized carbons (Fsp3) is 0.474. The van der Waals surface area contributed by atoms with E-state index in [1.54, 1.807) is 6.07 Å². The van der Waals surface area contributed by atoms with Crippen molar-refractivity contribution in [2.75, 3.05) is 13.1 Å². The maximum atomic E-state index is 12.5. The van der Waals surface area contributed by atoms with Gasteiger partial charge in [0.2, 0.25) is 0 Å². The van der Waals surface area contributed by atoms with Crippen LogP contribution in [0.4, 0.5) is 0 Å². The summed E-state index contributed by atoms with van der Waals surface area (Å²) in [5.74, 6) is 1.50. The second-order valence-corrected chi connectivity index (χ2v) is 7.73. The highest BCUT2D eigenvalue weighted by Gasteiger charge is 2.33. The number of carbonyl (C=O) groups is 1. The van der Waals surface area contributed by atoms with Gasteiger partial charge in [0.15, 0.2) is 5.69 Å². The Bertz CT molecular complexity index is 977. The Balaban J connectivity index is 1.21. The van der Waals surface area contributed by atoms with Crippen molar-refractivity contribution in [3.8, 4) is 0 Å². The quantitative estimate of drug-likeness (QED) is 0.739. The second-order valence-electron chi connectivity index (χ2n) is 7.73. The van der Waals surface area contributed by atoms with Gasteiger partial charge in [0, 0.05) is 37.7 Å². The first-order valence-electron chi connectivity index (χ1n) is 9.37. The minimum absolute atomic E-state index is 0.0935. The van der Waals surface area contributed by atoms with Crippen molar-refractivity contribution in [2.24, 2.45) is 5.92 Å². The van der Waals surface area contributed by atoms with Crippen LogP contribution in [0.15, 0.2) is 33.4 Å². The minimum Gasteiger partial charge on any atom is -0.360 e. The number of nitrogens with zero attached hydrogens (tertiary/aromatic N) is 4. The molecule has 1 saturated carbocycles. The van der Waals surface area contributed by atoms with Gasteiger partial charge in [-0.15, -0.1) is 0 Å². The topological polar surface area (TPSA) is 97.3 Å². The van der Waals surface area contributed by atoms with Crippen LogP contribution in [0.25, 0.3) is 11.0 Å². The van der Waals surface area contributed by atoms with E-state index in [1.807, 2.05) is 18.2 Å². The predicted molar refractivity (Wildman–Crippen MR) is 96.0 cm³/mol. The summed E-state index contributed by atoms with van der Waals surface area (Å²) in [4.78, 5) is 14.8. The van der Waals surface area contributed by atoms with Gasteiger partial charge in [-0.05, 0) is 46.8 Å². The Morgan fingerprint density at radius 3 is 2.89 bits per heavy atom. The summed E-state index contributed by atoms with van der Waals surface area (Å²) in [5.41, 5.74) is 3.06. The fourth-order valence-corrected chi connectivity index (χ4v) is 3.77. The van der Waals surface area contributed by atoms with Crippen LogP contribution < -0.4 is 5.32 Å². The molecule has 2 fully saturated rings. The molecule has 0 bridgehead atoms. The van der Waals surface area contributed by atoms with E-state index in [0.717, 1.165) is 54.8 Å². The molecule has 5 rings (SSSR count). The normalized spacial score (nSPS) is 23.1. The Morgan fingerprint density at radius 2 is 2.04 bits per heavy atom. The summed E-state index contributed by atoms with van der Waals surface area (Å²) < 4.78 is 10.0. The number of rotatable bonds is 5. The van der Waals surface area contributed by atoms with Gasteiger partial charge in [-0.3, -0.25) is 9.69 Å². The molecular weight excluding hydrogens is 346 g/mol. The van der Waals surface area contributed by atoms with Gasteiger partial charge < -0.3 is 9.84 Å². The Labute approximate surface area is 155 Å². The molecule has 3 aromatic rings. The van der Waals surface area contributed by atoms with Crippen molar-refractivity contribution in [3.05, 3.63) is 41.3 Å². The van der Waals surface area contributed by atoms with Gasteiger partial charge >= 0.3 is 0 Å². The van der Waals surface area contributed by atoms with Gasteiger partial charge in [0.25, 0.3) is 5.91 Å². The van der Waals surface area contributed by atoms with Crippen LogP contribution in [0.2, 0.25) is 0 Å².